The zero-order chi connectivity index (χ0) is 12.3. The van der Waals surface area contributed by atoms with Crippen molar-refractivity contribution in [2.75, 3.05) is 6.54 Å². The summed E-state index contributed by atoms with van der Waals surface area (Å²) in [5, 5.41) is 12.4. The summed E-state index contributed by atoms with van der Waals surface area (Å²) in [7, 11) is 0. The van der Waals surface area contributed by atoms with Gasteiger partial charge in [-0.2, -0.15) is 0 Å². The molecule has 0 aliphatic heterocycles. The zero-order valence-corrected chi connectivity index (χ0v) is 9.73. The molecule has 0 bridgehead atoms. The van der Waals surface area contributed by atoms with Crippen LogP contribution in [0.1, 0.15) is 18.4 Å². The van der Waals surface area contributed by atoms with Crippen LogP contribution < -0.4 is 11.1 Å². The minimum absolute atomic E-state index is 0.0491. The number of benzene rings is 1. The Morgan fingerprint density at radius 3 is 2.76 bits per heavy atom. The van der Waals surface area contributed by atoms with Crippen molar-refractivity contribution in [3.8, 4) is 5.75 Å². The van der Waals surface area contributed by atoms with Crippen molar-refractivity contribution >= 4 is 5.91 Å². The van der Waals surface area contributed by atoms with Gasteiger partial charge in [0.1, 0.15) is 5.75 Å². The second kappa shape index (κ2) is 5.19. The molecular formula is C13H18N2O2. The first-order chi connectivity index (χ1) is 8.15. The first-order valence-corrected chi connectivity index (χ1v) is 5.94. The molecule has 0 saturated heterocycles. The lowest BCUT2D eigenvalue weighted by Gasteiger charge is -2.32. The molecular weight excluding hydrogens is 216 g/mol. The van der Waals surface area contributed by atoms with E-state index in [0.717, 1.165) is 12.8 Å². The van der Waals surface area contributed by atoms with E-state index in [9.17, 15) is 9.90 Å². The third-order valence-corrected chi connectivity index (χ3v) is 3.20. The van der Waals surface area contributed by atoms with E-state index < -0.39 is 0 Å². The number of phenols is 1. The number of rotatable bonds is 4. The van der Waals surface area contributed by atoms with Gasteiger partial charge in [0.05, 0.1) is 6.42 Å². The van der Waals surface area contributed by atoms with Gasteiger partial charge >= 0.3 is 0 Å². The molecule has 1 amide bonds. The Bertz CT molecular complexity index is 400. The fraction of sp³-hybridized carbons (Fsp3) is 0.462. The Hall–Kier alpha value is -1.55. The number of amides is 1. The minimum Gasteiger partial charge on any atom is -0.508 e. The third kappa shape index (κ3) is 3.20. The molecule has 2 rings (SSSR count). The second-order valence-electron chi connectivity index (χ2n) is 4.71. The van der Waals surface area contributed by atoms with Gasteiger partial charge in [-0.3, -0.25) is 4.79 Å². The number of para-hydroxylation sites is 1. The van der Waals surface area contributed by atoms with Crippen molar-refractivity contribution in [3.05, 3.63) is 29.8 Å². The van der Waals surface area contributed by atoms with Gasteiger partial charge in [0.2, 0.25) is 5.91 Å². The number of nitrogens with one attached hydrogen (secondary N) is 1. The Labute approximate surface area is 101 Å². The van der Waals surface area contributed by atoms with E-state index >= 15 is 0 Å². The molecule has 1 aliphatic carbocycles. The molecule has 17 heavy (non-hydrogen) atoms. The number of phenolic OH excluding ortho intramolecular Hbond substituents is 1. The van der Waals surface area contributed by atoms with Crippen LogP contribution in [0.25, 0.3) is 0 Å². The Balaban J connectivity index is 1.76. The molecule has 1 saturated carbocycles. The van der Waals surface area contributed by atoms with E-state index in [2.05, 4.69) is 5.32 Å². The number of aromatic hydroxyl groups is 1. The number of nitrogens with two attached hydrogens (primary N) is 1. The molecule has 4 nitrogen and oxygen atoms in total. The third-order valence-electron chi connectivity index (χ3n) is 3.20. The van der Waals surface area contributed by atoms with Gasteiger partial charge in [0.15, 0.2) is 0 Å². The molecule has 1 fully saturated rings. The molecule has 0 spiro atoms. The zero-order valence-electron chi connectivity index (χ0n) is 9.73. The highest BCUT2D eigenvalue weighted by Gasteiger charge is 2.25. The Kier molecular flexibility index (Phi) is 3.64. The summed E-state index contributed by atoms with van der Waals surface area (Å²) in [6.07, 6.45) is 2.22. The summed E-state index contributed by atoms with van der Waals surface area (Å²) in [4.78, 5) is 11.6. The summed E-state index contributed by atoms with van der Waals surface area (Å²) in [5.74, 6) is 0.651. The van der Waals surface area contributed by atoms with Crippen LogP contribution in [0.3, 0.4) is 0 Å². The van der Waals surface area contributed by atoms with Crippen LogP contribution in [0, 0.1) is 5.92 Å². The quantitative estimate of drug-likeness (QED) is 0.721. The lowest BCUT2D eigenvalue weighted by atomic mass is 9.81. The average Bonchev–Trinajstić information content (AvgIpc) is 2.26. The normalized spacial score (nSPS) is 22.9. The van der Waals surface area contributed by atoms with Crippen molar-refractivity contribution in [3.63, 3.8) is 0 Å². The van der Waals surface area contributed by atoms with Crippen LogP contribution in [0.5, 0.6) is 5.75 Å². The summed E-state index contributed by atoms with van der Waals surface area (Å²) < 4.78 is 0. The van der Waals surface area contributed by atoms with Crippen LogP contribution >= 0.6 is 0 Å². The molecule has 1 aliphatic rings. The minimum atomic E-state index is -0.0491. The summed E-state index contributed by atoms with van der Waals surface area (Å²) in [5.41, 5.74) is 6.34. The van der Waals surface area contributed by atoms with E-state index in [1.165, 1.54) is 0 Å². The van der Waals surface area contributed by atoms with Crippen LogP contribution in [0.15, 0.2) is 24.3 Å². The molecule has 92 valence electrons. The van der Waals surface area contributed by atoms with Gasteiger partial charge < -0.3 is 16.2 Å². The first kappa shape index (κ1) is 11.9. The monoisotopic (exact) mass is 234 g/mol. The summed E-state index contributed by atoms with van der Waals surface area (Å²) >= 11 is 0. The first-order valence-electron chi connectivity index (χ1n) is 5.94. The van der Waals surface area contributed by atoms with Crippen molar-refractivity contribution in [1.29, 1.82) is 0 Å². The highest BCUT2D eigenvalue weighted by atomic mass is 16.3. The fourth-order valence-corrected chi connectivity index (χ4v) is 2.11. The molecule has 1 aromatic carbocycles. The maximum absolute atomic E-state index is 11.6. The molecule has 0 aromatic heterocycles. The van der Waals surface area contributed by atoms with E-state index in [-0.39, 0.29) is 18.1 Å². The van der Waals surface area contributed by atoms with Gasteiger partial charge in [-0.1, -0.05) is 18.2 Å². The maximum Gasteiger partial charge on any atom is 0.224 e. The molecule has 0 radical (unpaired) electrons. The molecule has 4 N–H and O–H groups in total. The number of carbonyl (C=O) groups is 1. The molecule has 4 heteroatoms. The van der Waals surface area contributed by atoms with Crippen molar-refractivity contribution in [1.82, 2.24) is 5.32 Å². The predicted octanol–water partition coefficient (Wildman–Crippen LogP) is 0.788. The van der Waals surface area contributed by atoms with E-state index in [1.807, 2.05) is 6.07 Å². The highest BCUT2D eigenvalue weighted by molar-refractivity contribution is 5.79. The lowest BCUT2D eigenvalue weighted by Crippen LogP contribution is -2.42. The van der Waals surface area contributed by atoms with E-state index in [1.54, 1.807) is 18.2 Å². The van der Waals surface area contributed by atoms with Gasteiger partial charge in [-0.15, -0.1) is 0 Å². The topological polar surface area (TPSA) is 75.3 Å². The van der Waals surface area contributed by atoms with Gasteiger partial charge in [-0.25, -0.2) is 0 Å². The highest BCUT2D eigenvalue weighted by Crippen LogP contribution is 2.24. The number of hydrogen-bond donors (Lipinski definition) is 3. The Morgan fingerprint density at radius 2 is 2.12 bits per heavy atom. The van der Waals surface area contributed by atoms with Gasteiger partial charge in [0, 0.05) is 18.2 Å². The summed E-state index contributed by atoms with van der Waals surface area (Å²) in [6, 6.07) is 7.22. The standard InChI is InChI=1S/C13H18N2O2/c14-11-5-9(6-11)8-15-13(17)7-10-3-1-2-4-12(10)16/h1-4,9,11,16H,5-8,14H2,(H,15,17). The van der Waals surface area contributed by atoms with Crippen molar-refractivity contribution in [2.45, 2.75) is 25.3 Å². The number of carbonyl (C=O) groups excluding carboxylic acids is 1. The Morgan fingerprint density at radius 1 is 1.41 bits per heavy atom. The van der Waals surface area contributed by atoms with Crippen molar-refractivity contribution in [2.24, 2.45) is 11.7 Å². The average molecular weight is 234 g/mol. The fourth-order valence-electron chi connectivity index (χ4n) is 2.11. The SMILES string of the molecule is NC1CC(CNC(=O)Cc2ccccc2O)C1. The van der Waals surface area contributed by atoms with Crippen LogP contribution in [-0.2, 0) is 11.2 Å². The van der Waals surface area contributed by atoms with Crippen LogP contribution in [0.2, 0.25) is 0 Å². The van der Waals surface area contributed by atoms with Gasteiger partial charge in [0.25, 0.3) is 0 Å². The maximum atomic E-state index is 11.6. The van der Waals surface area contributed by atoms with E-state index in [0.29, 0.717) is 24.1 Å². The lowest BCUT2D eigenvalue weighted by molar-refractivity contribution is -0.120. The molecule has 1 aromatic rings. The smallest absolute Gasteiger partial charge is 0.224 e. The largest absolute Gasteiger partial charge is 0.508 e. The molecule has 0 atom stereocenters. The van der Waals surface area contributed by atoms with Crippen molar-refractivity contribution < 1.29 is 9.90 Å². The van der Waals surface area contributed by atoms with E-state index in [4.69, 9.17) is 5.73 Å². The molecule has 0 unspecified atom stereocenters. The van der Waals surface area contributed by atoms with Crippen LogP contribution in [-0.4, -0.2) is 23.6 Å². The van der Waals surface area contributed by atoms with Gasteiger partial charge in [-0.05, 0) is 24.8 Å². The van der Waals surface area contributed by atoms with Crippen LogP contribution in [0.4, 0.5) is 0 Å². The predicted molar refractivity (Wildman–Crippen MR) is 65.5 cm³/mol. The molecule has 0 heterocycles. The second-order valence-corrected chi connectivity index (χ2v) is 4.71. The number of hydrogen-bond acceptors (Lipinski definition) is 3. The summed E-state index contributed by atoms with van der Waals surface area (Å²) in [6.45, 7) is 0.695.